The molecule has 0 aliphatic carbocycles. The second kappa shape index (κ2) is 3.16. The van der Waals surface area contributed by atoms with Crippen molar-refractivity contribution in [3.63, 3.8) is 0 Å². The van der Waals surface area contributed by atoms with Crippen LogP contribution in [0.5, 0.6) is 0 Å². The van der Waals surface area contributed by atoms with Crippen LogP contribution in [0.3, 0.4) is 0 Å². The summed E-state index contributed by atoms with van der Waals surface area (Å²) in [5.41, 5.74) is 0.571. The third-order valence-corrected chi connectivity index (χ3v) is 1.24. The zero-order valence-corrected chi connectivity index (χ0v) is 5.65. The second-order valence-electron chi connectivity index (χ2n) is 2.12. The number of nitrogens with one attached hydrogen (secondary N) is 1. The Hall–Kier alpha value is -1.36. The zero-order valence-electron chi connectivity index (χ0n) is 5.65. The summed E-state index contributed by atoms with van der Waals surface area (Å²) in [5.74, 6) is -1.47. The molecule has 1 heterocycles. The van der Waals surface area contributed by atoms with E-state index in [2.05, 4.69) is 9.97 Å². The molecular weight excluding hydrogens is 148 g/mol. The molecule has 0 radical (unpaired) electrons. The number of nitrogens with zero attached hydrogens (tertiary/aromatic N) is 1. The second-order valence-corrected chi connectivity index (χ2v) is 2.12. The quantitative estimate of drug-likeness (QED) is 0.531. The Kier molecular flexibility index (Phi) is 2.22. The van der Waals surface area contributed by atoms with Crippen LogP contribution in [0.15, 0.2) is 12.5 Å². The molecule has 1 aromatic rings. The molecule has 2 N–H and O–H groups in total. The Bertz CT molecular complexity index is 232. The van der Waals surface area contributed by atoms with Gasteiger partial charge in [-0.25, -0.2) is 4.98 Å². The topological polar surface area (TPSA) is 89.0 Å². The van der Waals surface area contributed by atoms with E-state index < -0.39 is 12.1 Å². The highest BCUT2D eigenvalue weighted by atomic mass is 16.4. The molecule has 0 aromatic carbocycles. The van der Waals surface area contributed by atoms with Crippen LogP contribution in [0, 0.1) is 0 Å². The van der Waals surface area contributed by atoms with Crippen molar-refractivity contribution < 1.29 is 15.0 Å². The van der Waals surface area contributed by atoms with Crippen molar-refractivity contribution >= 4 is 5.97 Å². The minimum absolute atomic E-state index is 0.00231. The summed E-state index contributed by atoms with van der Waals surface area (Å²) < 4.78 is 0. The maximum Gasteiger partial charge on any atom is 0.0988 e. The number of aromatic amines is 1. The first kappa shape index (κ1) is 7.74. The molecular formula is C6H7N2O3-. The average molecular weight is 155 g/mol. The molecule has 1 rings (SSSR count). The van der Waals surface area contributed by atoms with Crippen molar-refractivity contribution in [2.24, 2.45) is 0 Å². The predicted octanol–water partition coefficient (Wildman–Crippen LogP) is -1.94. The number of imidazole rings is 1. The lowest BCUT2D eigenvalue weighted by molar-refractivity contribution is -0.314. The Morgan fingerprint density at radius 1 is 1.91 bits per heavy atom. The normalized spacial score (nSPS) is 12.8. The van der Waals surface area contributed by atoms with Gasteiger partial charge in [0, 0.05) is 18.3 Å². The first-order chi connectivity index (χ1) is 5.20. The van der Waals surface area contributed by atoms with Gasteiger partial charge < -0.3 is 20.0 Å². The van der Waals surface area contributed by atoms with Crippen molar-refractivity contribution in [3.8, 4) is 0 Å². The number of hydrogen-bond acceptors (Lipinski definition) is 4. The number of carboxylic acid groups (broad SMARTS) is 1. The van der Waals surface area contributed by atoms with E-state index in [1.54, 1.807) is 0 Å². The van der Waals surface area contributed by atoms with Crippen molar-refractivity contribution in [1.29, 1.82) is 0 Å². The lowest BCUT2D eigenvalue weighted by atomic mass is 10.2. The smallest absolute Gasteiger partial charge is 0.0988 e. The van der Waals surface area contributed by atoms with E-state index in [1.807, 2.05) is 0 Å². The largest absolute Gasteiger partial charge is 0.547 e. The molecule has 1 atom stereocenters. The van der Waals surface area contributed by atoms with Crippen LogP contribution in [0.2, 0.25) is 0 Å². The number of carbonyl (C=O) groups is 1. The van der Waals surface area contributed by atoms with Gasteiger partial charge in [-0.2, -0.15) is 0 Å². The summed E-state index contributed by atoms with van der Waals surface area (Å²) in [6.45, 7) is 0. The van der Waals surface area contributed by atoms with Gasteiger partial charge in [-0.15, -0.1) is 0 Å². The maximum absolute atomic E-state index is 10.0. The molecule has 5 heteroatoms. The van der Waals surface area contributed by atoms with E-state index in [0.29, 0.717) is 5.69 Å². The molecule has 0 saturated heterocycles. The van der Waals surface area contributed by atoms with E-state index in [1.165, 1.54) is 12.5 Å². The number of rotatable bonds is 3. The third-order valence-electron chi connectivity index (χ3n) is 1.24. The number of aliphatic carboxylic acids is 1. The summed E-state index contributed by atoms with van der Waals surface area (Å²) >= 11 is 0. The fourth-order valence-corrected chi connectivity index (χ4v) is 0.688. The first-order valence-corrected chi connectivity index (χ1v) is 3.06. The Morgan fingerprint density at radius 3 is 3.09 bits per heavy atom. The molecule has 0 spiro atoms. The SMILES string of the molecule is O=C([O-])[C@@H](O)Cc1cnc[nH]1. The van der Waals surface area contributed by atoms with Crippen molar-refractivity contribution in [3.05, 3.63) is 18.2 Å². The Labute approximate surface area is 62.7 Å². The number of carbonyl (C=O) groups excluding carboxylic acids is 1. The Balaban J connectivity index is 2.50. The number of carboxylic acids is 1. The number of hydrogen-bond donors (Lipinski definition) is 2. The van der Waals surface area contributed by atoms with Gasteiger partial charge in [0.25, 0.3) is 0 Å². The number of H-pyrrole nitrogens is 1. The van der Waals surface area contributed by atoms with Gasteiger partial charge in [0.1, 0.15) is 0 Å². The summed E-state index contributed by atoms with van der Waals surface area (Å²) in [4.78, 5) is 16.3. The van der Waals surface area contributed by atoms with Crippen LogP contribution in [0.4, 0.5) is 0 Å². The van der Waals surface area contributed by atoms with Gasteiger partial charge in [0.15, 0.2) is 0 Å². The Morgan fingerprint density at radius 2 is 2.64 bits per heavy atom. The van der Waals surface area contributed by atoms with Crippen LogP contribution in [-0.2, 0) is 11.2 Å². The fourth-order valence-electron chi connectivity index (χ4n) is 0.688. The zero-order chi connectivity index (χ0) is 8.27. The molecule has 0 aliphatic heterocycles. The number of aliphatic hydroxyl groups excluding tert-OH is 1. The van der Waals surface area contributed by atoms with Crippen LogP contribution in [0.1, 0.15) is 5.69 Å². The summed E-state index contributed by atoms with van der Waals surface area (Å²) in [7, 11) is 0. The minimum Gasteiger partial charge on any atom is -0.547 e. The lowest BCUT2D eigenvalue weighted by Crippen LogP contribution is -2.36. The van der Waals surface area contributed by atoms with Gasteiger partial charge in [0.05, 0.1) is 18.4 Å². The summed E-state index contributed by atoms with van der Waals surface area (Å²) in [6, 6.07) is 0. The van der Waals surface area contributed by atoms with Crippen LogP contribution < -0.4 is 5.11 Å². The highest BCUT2D eigenvalue weighted by molar-refractivity contribution is 5.69. The third kappa shape index (κ3) is 2.05. The molecule has 0 bridgehead atoms. The monoisotopic (exact) mass is 155 g/mol. The number of aliphatic hydroxyl groups is 1. The molecule has 0 amide bonds. The standard InChI is InChI=1S/C6H8N2O3/c9-5(6(10)11)1-4-2-7-3-8-4/h2-3,5,9H,1H2,(H,7,8)(H,10,11)/p-1/t5-/m0/s1. The van der Waals surface area contributed by atoms with Gasteiger partial charge in [-0.3, -0.25) is 0 Å². The van der Waals surface area contributed by atoms with Crippen LogP contribution >= 0.6 is 0 Å². The highest BCUT2D eigenvalue weighted by Crippen LogP contribution is 1.96. The predicted molar refractivity (Wildman–Crippen MR) is 33.3 cm³/mol. The van der Waals surface area contributed by atoms with E-state index in [-0.39, 0.29) is 6.42 Å². The van der Waals surface area contributed by atoms with E-state index in [9.17, 15) is 9.90 Å². The van der Waals surface area contributed by atoms with Crippen LogP contribution in [-0.4, -0.2) is 27.1 Å². The van der Waals surface area contributed by atoms with E-state index in [4.69, 9.17) is 5.11 Å². The molecule has 0 unspecified atom stereocenters. The number of aromatic nitrogens is 2. The molecule has 0 fully saturated rings. The summed E-state index contributed by atoms with van der Waals surface area (Å²) in [6.07, 6.45) is 1.40. The van der Waals surface area contributed by atoms with Gasteiger partial charge in [-0.05, 0) is 0 Å². The first-order valence-electron chi connectivity index (χ1n) is 3.06. The van der Waals surface area contributed by atoms with Crippen molar-refractivity contribution in [2.75, 3.05) is 0 Å². The molecule has 60 valence electrons. The lowest BCUT2D eigenvalue weighted by Gasteiger charge is -2.08. The van der Waals surface area contributed by atoms with Crippen LogP contribution in [0.25, 0.3) is 0 Å². The molecule has 11 heavy (non-hydrogen) atoms. The van der Waals surface area contributed by atoms with Gasteiger partial charge >= 0.3 is 0 Å². The van der Waals surface area contributed by atoms with Crippen molar-refractivity contribution in [1.82, 2.24) is 9.97 Å². The minimum atomic E-state index is -1.47. The van der Waals surface area contributed by atoms with E-state index in [0.717, 1.165) is 0 Å². The molecule has 5 nitrogen and oxygen atoms in total. The molecule has 0 aliphatic rings. The van der Waals surface area contributed by atoms with Gasteiger partial charge in [-0.1, -0.05) is 0 Å². The van der Waals surface area contributed by atoms with E-state index >= 15 is 0 Å². The molecule has 1 aromatic heterocycles. The van der Waals surface area contributed by atoms with Crippen molar-refractivity contribution in [2.45, 2.75) is 12.5 Å². The average Bonchev–Trinajstić information content (AvgIpc) is 2.39. The fraction of sp³-hybridized carbons (Fsp3) is 0.333. The summed E-state index contributed by atoms with van der Waals surface area (Å²) in [5, 5.41) is 18.8. The molecule has 0 saturated carbocycles. The highest BCUT2D eigenvalue weighted by Gasteiger charge is 2.06. The maximum atomic E-state index is 10.0. The van der Waals surface area contributed by atoms with Gasteiger partial charge in [0.2, 0.25) is 0 Å².